The molecule has 0 aromatic heterocycles. The zero-order valence-corrected chi connectivity index (χ0v) is 19.6. The first-order chi connectivity index (χ1) is 15.7. The van der Waals surface area contributed by atoms with E-state index in [1.54, 1.807) is 12.1 Å². The van der Waals surface area contributed by atoms with Gasteiger partial charge in [0.05, 0.1) is 21.5 Å². The van der Waals surface area contributed by atoms with Crippen LogP contribution in [0.5, 0.6) is 0 Å². The fourth-order valence-corrected chi connectivity index (χ4v) is 4.94. The minimum atomic E-state index is -4.36. The lowest BCUT2D eigenvalue weighted by atomic mass is 9.95. The van der Waals surface area contributed by atoms with Crippen LogP contribution in [0.15, 0.2) is 42.5 Å². The molecule has 2 heterocycles. The second-order valence-corrected chi connectivity index (χ2v) is 9.50. The summed E-state index contributed by atoms with van der Waals surface area (Å²) in [5, 5.41) is 1.05. The number of nitrogens with zero attached hydrogens (tertiary/aromatic N) is 3. The third-order valence-electron chi connectivity index (χ3n) is 6.37. The number of hydrogen-bond acceptors (Lipinski definition) is 3. The summed E-state index contributed by atoms with van der Waals surface area (Å²) in [6.45, 7) is 4.39. The summed E-state index contributed by atoms with van der Waals surface area (Å²) in [6.07, 6.45) is -2.57. The Hall–Kier alpha value is -1.96. The molecule has 2 aliphatic rings. The third kappa shape index (κ3) is 5.94. The van der Waals surface area contributed by atoms with Crippen molar-refractivity contribution in [1.82, 2.24) is 9.80 Å². The van der Waals surface area contributed by atoms with E-state index in [0.717, 1.165) is 31.0 Å². The first kappa shape index (κ1) is 24.2. The van der Waals surface area contributed by atoms with Gasteiger partial charge in [-0.2, -0.15) is 13.2 Å². The van der Waals surface area contributed by atoms with Crippen LogP contribution >= 0.6 is 23.2 Å². The predicted octanol–water partition coefficient (Wildman–Crippen LogP) is 5.57. The van der Waals surface area contributed by atoms with Crippen LogP contribution in [0.25, 0.3) is 0 Å². The molecule has 1 unspecified atom stereocenters. The molecule has 4 rings (SSSR count). The fraction of sp³-hybridized carbons (Fsp3) is 0.458. The summed E-state index contributed by atoms with van der Waals surface area (Å²) in [6, 6.07) is 11.0. The highest BCUT2D eigenvalue weighted by molar-refractivity contribution is 6.42. The van der Waals surface area contributed by atoms with Gasteiger partial charge in [0.25, 0.3) is 0 Å². The number of alkyl halides is 3. The molecule has 0 saturated carbocycles. The Kier molecular flexibility index (Phi) is 7.41. The second-order valence-electron chi connectivity index (χ2n) is 8.68. The van der Waals surface area contributed by atoms with E-state index in [-0.39, 0.29) is 11.8 Å². The Morgan fingerprint density at radius 3 is 2.42 bits per heavy atom. The summed E-state index contributed by atoms with van der Waals surface area (Å²) in [7, 11) is 0. The molecule has 0 N–H and O–H groups in total. The molecule has 0 aliphatic carbocycles. The maximum atomic E-state index is 13.2. The number of rotatable bonds is 4. The molecule has 4 nitrogen and oxygen atoms in total. The first-order valence-electron chi connectivity index (χ1n) is 11.1. The number of carbonyl (C=O) groups excluding carboxylic acids is 1. The summed E-state index contributed by atoms with van der Waals surface area (Å²) >= 11 is 12.1. The molecule has 9 heteroatoms. The van der Waals surface area contributed by atoms with Crippen LogP contribution < -0.4 is 4.90 Å². The van der Waals surface area contributed by atoms with Crippen molar-refractivity contribution >= 4 is 34.8 Å². The quantitative estimate of drug-likeness (QED) is 0.549. The molecule has 2 fully saturated rings. The first-order valence-corrected chi connectivity index (χ1v) is 11.8. The molecule has 2 saturated heterocycles. The lowest BCUT2D eigenvalue weighted by Gasteiger charge is -2.40. The Morgan fingerprint density at radius 1 is 0.970 bits per heavy atom. The zero-order chi connectivity index (χ0) is 23.6. The lowest BCUT2D eigenvalue weighted by molar-refractivity contribution is -0.138. The molecule has 178 valence electrons. The van der Waals surface area contributed by atoms with E-state index in [1.165, 1.54) is 12.1 Å². The largest absolute Gasteiger partial charge is 0.416 e. The van der Waals surface area contributed by atoms with E-state index in [4.69, 9.17) is 23.2 Å². The number of halogens is 5. The van der Waals surface area contributed by atoms with Crippen molar-refractivity contribution < 1.29 is 18.0 Å². The lowest BCUT2D eigenvalue weighted by Crippen LogP contribution is -2.52. The van der Waals surface area contributed by atoms with Gasteiger partial charge in [-0.15, -0.1) is 0 Å². The van der Waals surface area contributed by atoms with Crippen molar-refractivity contribution in [2.45, 2.75) is 25.6 Å². The maximum Gasteiger partial charge on any atom is 0.416 e. The van der Waals surface area contributed by atoms with Crippen molar-refractivity contribution in [2.75, 3.05) is 44.2 Å². The van der Waals surface area contributed by atoms with Gasteiger partial charge in [0.2, 0.25) is 5.91 Å². The molecule has 2 aromatic rings. The summed E-state index contributed by atoms with van der Waals surface area (Å²) < 4.78 is 39.1. The molecule has 0 bridgehead atoms. The average Bonchev–Trinajstić information content (AvgIpc) is 2.81. The fourth-order valence-electron chi connectivity index (χ4n) is 4.62. The maximum absolute atomic E-state index is 13.2. The number of likely N-dealkylation sites (tertiary alicyclic amines) is 1. The van der Waals surface area contributed by atoms with Crippen LogP contribution in [0.2, 0.25) is 10.0 Å². The van der Waals surface area contributed by atoms with E-state index in [1.807, 2.05) is 21.9 Å². The van der Waals surface area contributed by atoms with Gasteiger partial charge in [0, 0.05) is 45.0 Å². The Balaban J connectivity index is 1.32. The van der Waals surface area contributed by atoms with E-state index >= 15 is 0 Å². The number of benzene rings is 2. The molecular weight excluding hydrogens is 474 g/mol. The van der Waals surface area contributed by atoms with Crippen molar-refractivity contribution in [2.24, 2.45) is 5.92 Å². The number of hydrogen-bond donors (Lipinski definition) is 0. The van der Waals surface area contributed by atoms with E-state index in [0.29, 0.717) is 55.0 Å². The molecule has 2 aliphatic heterocycles. The van der Waals surface area contributed by atoms with Crippen LogP contribution in [0.3, 0.4) is 0 Å². The third-order valence-corrected chi connectivity index (χ3v) is 7.11. The second kappa shape index (κ2) is 10.1. The van der Waals surface area contributed by atoms with Gasteiger partial charge in [0.1, 0.15) is 0 Å². The Morgan fingerprint density at radius 2 is 1.73 bits per heavy atom. The summed E-state index contributed by atoms with van der Waals surface area (Å²) in [4.78, 5) is 19.2. The van der Waals surface area contributed by atoms with Gasteiger partial charge in [-0.05, 0) is 55.3 Å². The molecule has 33 heavy (non-hydrogen) atoms. The van der Waals surface area contributed by atoms with Crippen LogP contribution in [0.4, 0.5) is 18.9 Å². The number of carbonyl (C=O) groups is 1. The summed E-state index contributed by atoms with van der Waals surface area (Å²) in [5.74, 6) is 0.0687. The van der Waals surface area contributed by atoms with Gasteiger partial charge < -0.3 is 9.80 Å². The Bertz CT molecular complexity index is 993. The number of piperidine rings is 1. The van der Waals surface area contributed by atoms with Crippen molar-refractivity contribution in [3.8, 4) is 0 Å². The standard InChI is InChI=1S/C24H26Cl2F3N3O/c25-21-7-6-17(13-22(21)26)15-30-8-2-3-18(16-30)23(33)32-11-9-31(10-12-32)20-5-1-4-19(14-20)24(27,28)29/h1,4-7,13-14,18H,2-3,8-12,15-16H2. The summed E-state index contributed by atoms with van der Waals surface area (Å²) in [5.41, 5.74) is 0.956. The van der Waals surface area contributed by atoms with Crippen molar-refractivity contribution in [1.29, 1.82) is 0 Å². The van der Waals surface area contributed by atoms with Gasteiger partial charge in [-0.1, -0.05) is 35.3 Å². The van der Waals surface area contributed by atoms with Gasteiger partial charge in [0.15, 0.2) is 0 Å². The number of amides is 1. The average molecular weight is 500 g/mol. The van der Waals surface area contributed by atoms with Crippen LogP contribution in [-0.4, -0.2) is 55.0 Å². The molecule has 2 aromatic carbocycles. The molecule has 0 radical (unpaired) electrons. The highest BCUT2D eigenvalue weighted by Crippen LogP contribution is 2.32. The molecule has 1 amide bonds. The van der Waals surface area contributed by atoms with E-state index < -0.39 is 11.7 Å². The van der Waals surface area contributed by atoms with Gasteiger partial charge >= 0.3 is 6.18 Å². The van der Waals surface area contributed by atoms with Gasteiger partial charge in [-0.25, -0.2) is 0 Å². The normalized spacial score (nSPS) is 20.2. The number of piperazine rings is 1. The smallest absolute Gasteiger partial charge is 0.368 e. The SMILES string of the molecule is O=C(C1CCCN(Cc2ccc(Cl)c(Cl)c2)C1)N1CCN(c2cccc(C(F)(F)F)c2)CC1. The highest BCUT2D eigenvalue weighted by Gasteiger charge is 2.33. The van der Waals surface area contributed by atoms with E-state index in [9.17, 15) is 18.0 Å². The highest BCUT2D eigenvalue weighted by atomic mass is 35.5. The van der Waals surface area contributed by atoms with Gasteiger partial charge in [-0.3, -0.25) is 9.69 Å². The van der Waals surface area contributed by atoms with Crippen molar-refractivity contribution in [3.63, 3.8) is 0 Å². The molecule has 1 atom stereocenters. The van der Waals surface area contributed by atoms with Crippen LogP contribution in [0, 0.1) is 5.92 Å². The monoisotopic (exact) mass is 499 g/mol. The minimum Gasteiger partial charge on any atom is -0.368 e. The van der Waals surface area contributed by atoms with Crippen LogP contribution in [-0.2, 0) is 17.5 Å². The zero-order valence-electron chi connectivity index (χ0n) is 18.1. The topological polar surface area (TPSA) is 26.8 Å². The molecular formula is C24H26Cl2F3N3O. The molecule has 0 spiro atoms. The Labute approximate surface area is 201 Å². The predicted molar refractivity (Wildman–Crippen MR) is 125 cm³/mol. The van der Waals surface area contributed by atoms with E-state index in [2.05, 4.69) is 4.90 Å². The minimum absolute atomic E-state index is 0.0679. The van der Waals surface area contributed by atoms with Crippen molar-refractivity contribution in [3.05, 3.63) is 63.6 Å². The van der Waals surface area contributed by atoms with Crippen LogP contribution in [0.1, 0.15) is 24.0 Å². The number of anilines is 1.